The summed E-state index contributed by atoms with van der Waals surface area (Å²) < 4.78 is 11.6. The molecule has 2 fully saturated rings. The fraction of sp³-hybridized carbons (Fsp3) is 0.393. The van der Waals surface area contributed by atoms with Gasteiger partial charge >= 0.3 is 0 Å². The molecule has 0 atom stereocenters. The van der Waals surface area contributed by atoms with Crippen molar-refractivity contribution in [2.45, 2.75) is 32.6 Å². The first-order valence-electron chi connectivity index (χ1n) is 13.3. The van der Waals surface area contributed by atoms with Gasteiger partial charge in [-0.1, -0.05) is 12.1 Å². The first-order valence-corrected chi connectivity index (χ1v) is 13.3. The summed E-state index contributed by atoms with van der Waals surface area (Å²) in [5.41, 5.74) is 4.54. The summed E-state index contributed by atoms with van der Waals surface area (Å²) in [5, 5.41) is 15.7. The number of hydrogen-bond acceptors (Lipinski definition) is 10. The van der Waals surface area contributed by atoms with Crippen LogP contribution in [-0.4, -0.2) is 60.5 Å². The zero-order valence-electron chi connectivity index (χ0n) is 22.1. The van der Waals surface area contributed by atoms with Crippen LogP contribution in [0.1, 0.15) is 36.8 Å². The van der Waals surface area contributed by atoms with Crippen molar-refractivity contribution in [2.24, 2.45) is 5.10 Å². The van der Waals surface area contributed by atoms with Crippen molar-refractivity contribution in [1.82, 2.24) is 9.97 Å². The largest absolute Gasteiger partial charge is 0.490 e. The van der Waals surface area contributed by atoms with Crippen molar-refractivity contribution < 1.29 is 14.4 Å². The van der Waals surface area contributed by atoms with Crippen LogP contribution in [0.4, 0.5) is 23.3 Å². The third-order valence-electron chi connectivity index (χ3n) is 6.71. The van der Waals surface area contributed by atoms with Crippen molar-refractivity contribution in [3.8, 4) is 11.5 Å². The van der Waals surface area contributed by atoms with Crippen LogP contribution in [0, 0.1) is 17.0 Å². The van der Waals surface area contributed by atoms with Crippen molar-refractivity contribution in [3.05, 3.63) is 69.8 Å². The minimum absolute atomic E-state index is 0.0468. The van der Waals surface area contributed by atoms with E-state index in [1.807, 2.05) is 37.3 Å². The second-order valence-corrected chi connectivity index (χ2v) is 9.66. The topological polar surface area (TPSA) is 118 Å². The molecule has 2 saturated heterocycles. The Balaban J connectivity index is 1.29. The fourth-order valence-corrected chi connectivity index (χ4v) is 4.71. The van der Waals surface area contributed by atoms with Gasteiger partial charge in [0.15, 0.2) is 5.82 Å². The van der Waals surface area contributed by atoms with E-state index >= 15 is 0 Å². The molecule has 2 aromatic carbocycles. The van der Waals surface area contributed by atoms with Gasteiger partial charge in [-0.3, -0.25) is 15.5 Å². The van der Waals surface area contributed by atoms with E-state index in [0.717, 1.165) is 69.0 Å². The van der Waals surface area contributed by atoms with E-state index < -0.39 is 4.92 Å². The van der Waals surface area contributed by atoms with Gasteiger partial charge < -0.3 is 19.3 Å². The van der Waals surface area contributed by atoms with Crippen LogP contribution in [0.3, 0.4) is 0 Å². The van der Waals surface area contributed by atoms with Crippen LogP contribution in [0.15, 0.2) is 53.6 Å². The van der Waals surface area contributed by atoms with Crippen LogP contribution in [0.25, 0.3) is 0 Å². The molecule has 3 heterocycles. The number of hydrogen-bond donors (Lipinski definition) is 1. The van der Waals surface area contributed by atoms with E-state index in [1.165, 1.54) is 18.3 Å². The molecule has 11 heteroatoms. The maximum atomic E-state index is 11.4. The number of nitrogens with one attached hydrogen (secondary N) is 1. The lowest BCUT2D eigenvalue weighted by Crippen LogP contribution is -2.24. The lowest BCUT2D eigenvalue weighted by molar-refractivity contribution is -0.384. The number of aromatic nitrogens is 2. The Morgan fingerprint density at radius 3 is 2.46 bits per heavy atom. The number of non-ortho nitro benzene ring substituents is 1. The summed E-state index contributed by atoms with van der Waals surface area (Å²) in [4.78, 5) is 24.9. The van der Waals surface area contributed by atoms with Gasteiger partial charge in [-0.15, -0.1) is 0 Å². The summed E-state index contributed by atoms with van der Waals surface area (Å²) in [6.07, 6.45) is 6.07. The molecule has 0 amide bonds. The van der Waals surface area contributed by atoms with Gasteiger partial charge in [-0.25, -0.2) is 0 Å². The first-order chi connectivity index (χ1) is 19.0. The molecule has 39 heavy (non-hydrogen) atoms. The van der Waals surface area contributed by atoms with Crippen molar-refractivity contribution >= 4 is 29.5 Å². The van der Waals surface area contributed by atoms with E-state index in [-0.39, 0.29) is 12.3 Å². The second kappa shape index (κ2) is 12.4. The predicted molar refractivity (Wildman–Crippen MR) is 151 cm³/mol. The van der Waals surface area contributed by atoms with Crippen molar-refractivity contribution in [3.63, 3.8) is 0 Å². The molecule has 5 rings (SSSR count). The van der Waals surface area contributed by atoms with Gasteiger partial charge in [-0.05, 0) is 56.4 Å². The standard InChI is InChI=1S/C28H33N7O4/c1-21-7-6-8-24(17-21)38-15-16-39-25-10-9-23(35(36)37)18-22(25)20-29-32-26-19-27(33-11-2-3-12-33)31-28(30-26)34-13-4-5-14-34/h6-10,17-20H,2-5,11-16H2,1H3,(H,30,31,32)/b29-20-. The summed E-state index contributed by atoms with van der Waals surface area (Å²) in [6.45, 7) is 6.42. The molecule has 3 aromatic rings. The molecule has 2 aliphatic rings. The van der Waals surface area contributed by atoms with Crippen LogP contribution >= 0.6 is 0 Å². The number of hydrazone groups is 1. The minimum atomic E-state index is -0.440. The average Bonchev–Trinajstić information content (AvgIpc) is 3.67. The quantitative estimate of drug-likeness (QED) is 0.161. The van der Waals surface area contributed by atoms with Crippen LogP contribution < -0.4 is 24.7 Å². The van der Waals surface area contributed by atoms with Crippen LogP contribution in [0.2, 0.25) is 0 Å². The number of nitro groups is 1. The Bertz CT molecular complexity index is 1290. The molecule has 1 N–H and O–H groups in total. The first kappa shape index (κ1) is 26.2. The molecule has 2 aliphatic heterocycles. The fourth-order valence-electron chi connectivity index (χ4n) is 4.71. The van der Waals surface area contributed by atoms with Crippen molar-refractivity contribution in [1.29, 1.82) is 0 Å². The monoisotopic (exact) mass is 531 g/mol. The summed E-state index contributed by atoms with van der Waals surface area (Å²) in [5.74, 6) is 3.39. The maximum Gasteiger partial charge on any atom is 0.270 e. The van der Waals surface area contributed by atoms with E-state index in [2.05, 4.69) is 25.3 Å². The van der Waals surface area contributed by atoms with Gasteiger partial charge in [0.1, 0.15) is 30.5 Å². The summed E-state index contributed by atoms with van der Waals surface area (Å²) in [7, 11) is 0. The second-order valence-electron chi connectivity index (χ2n) is 9.66. The van der Waals surface area contributed by atoms with Gasteiger partial charge in [-0.2, -0.15) is 15.1 Å². The Hall–Kier alpha value is -4.41. The Labute approximate surface area is 227 Å². The van der Waals surface area contributed by atoms with Gasteiger partial charge in [0, 0.05) is 49.9 Å². The lowest BCUT2D eigenvalue weighted by atomic mass is 10.2. The van der Waals surface area contributed by atoms with E-state index in [4.69, 9.17) is 14.5 Å². The molecular weight excluding hydrogens is 498 g/mol. The summed E-state index contributed by atoms with van der Waals surface area (Å²) >= 11 is 0. The number of nitrogens with zero attached hydrogens (tertiary/aromatic N) is 6. The number of rotatable bonds is 11. The Morgan fingerprint density at radius 2 is 1.72 bits per heavy atom. The molecular formula is C28H33N7O4. The third kappa shape index (κ3) is 6.92. The number of anilines is 3. The SMILES string of the molecule is Cc1cccc(OCCOc2ccc([N+](=O)[O-])cc2/C=N\Nc2cc(N3CCCC3)nc(N3CCCC3)n2)c1. The van der Waals surface area contributed by atoms with Gasteiger partial charge in [0.25, 0.3) is 5.69 Å². The van der Waals surface area contributed by atoms with E-state index in [9.17, 15) is 10.1 Å². The smallest absolute Gasteiger partial charge is 0.270 e. The average molecular weight is 532 g/mol. The highest BCUT2D eigenvalue weighted by Crippen LogP contribution is 2.26. The third-order valence-corrected chi connectivity index (χ3v) is 6.71. The number of nitro benzene ring substituents is 1. The predicted octanol–water partition coefficient (Wildman–Crippen LogP) is 4.80. The molecule has 0 unspecified atom stereocenters. The molecule has 204 valence electrons. The zero-order valence-corrected chi connectivity index (χ0v) is 22.1. The molecule has 0 aliphatic carbocycles. The number of ether oxygens (including phenoxy) is 2. The van der Waals surface area contributed by atoms with Crippen LogP contribution in [0.5, 0.6) is 11.5 Å². The lowest BCUT2D eigenvalue weighted by Gasteiger charge is -2.21. The van der Waals surface area contributed by atoms with E-state index in [0.29, 0.717) is 29.7 Å². The number of aryl methyl sites for hydroxylation is 1. The molecule has 1 aromatic heterocycles. The van der Waals surface area contributed by atoms with Crippen molar-refractivity contribution in [2.75, 3.05) is 54.6 Å². The van der Waals surface area contributed by atoms with Gasteiger partial charge in [0.2, 0.25) is 5.95 Å². The maximum absolute atomic E-state index is 11.4. The molecule has 0 radical (unpaired) electrons. The molecule has 0 spiro atoms. The Kier molecular flexibility index (Phi) is 8.35. The zero-order chi connectivity index (χ0) is 27.0. The molecule has 0 saturated carbocycles. The van der Waals surface area contributed by atoms with E-state index in [1.54, 1.807) is 6.07 Å². The highest BCUT2D eigenvalue weighted by molar-refractivity contribution is 5.85. The molecule has 0 bridgehead atoms. The highest BCUT2D eigenvalue weighted by Gasteiger charge is 2.20. The Morgan fingerprint density at radius 1 is 0.974 bits per heavy atom. The molecule has 11 nitrogen and oxygen atoms in total. The van der Waals surface area contributed by atoms with Gasteiger partial charge in [0.05, 0.1) is 11.1 Å². The normalized spacial score (nSPS) is 15.2. The minimum Gasteiger partial charge on any atom is -0.490 e. The highest BCUT2D eigenvalue weighted by atomic mass is 16.6. The van der Waals surface area contributed by atoms with Crippen LogP contribution in [-0.2, 0) is 0 Å². The summed E-state index contributed by atoms with van der Waals surface area (Å²) in [6, 6.07) is 14.1. The number of benzene rings is 2.